The van der Waals surface area contributed by atoms with Crippen LogP contribution in [0.5, 0.6) is 5.88 Å². The molecule has 154 valence electrons. The Morgan fingerprint density at radius 1 is 1.00 bits per heavy atom. The lowest BCUT2D eigenvalue weighted by Gasteiger charge is -2.28. The molecule has 1 aliphatic rings. The van der Waals surface area contributed by atoms with Crippen molar-refractivity contribution < 1.29 is 9.53 Å². The predicted molar refractivity (Wildman–Crippen MR) is 119 cm³/mol. The highest BCUT2D eigenvalue weighted by Gasteiger charge is 2.45. The van der Waals surface area contributed by atoms with Gasteiger partial charge in [0, 0.05) is 12.6 Å². The number of fused-ring (bicyclic) bond motifs is 1. The van der Waals surface area contributed by atoms with Gasteiger partial charge in [0.05, 0.1) is 17.3 Å². The summed E-state index contributed by atoms with van der Waals surface area (Å²) in [7, 11) is 4.00. The first-order valence-corrected chi connectivity index (χ1v) is 10.2. The maximum absolute atomic E-state index is 13.6. The summed E-state index contributed by atoms with van der Waals surface area (Å²) < 4.78 is 5.64. The van der Waals surface area contributed by atoms with Gasteiger partial charge in [-0.2, -0.15) is 0 Å². The zero-order valence-corrected chi connectivity index (χ0v) is 17.5. The summed E-state index contributed by atoms with van der Waals surface area (Å²) >= 11 is 0. The van der Waals surface area contributed by atoms with Gasteiger partial charge < -0.3 is 15.0 Å². The molecule has 0 unspecified atom stereocenters. The third-order valence-corrected chi connectivity index (χ3v) is 5.65. The summed E-state index contributed by atoms with van der Waals surface area (Å²) in [5.41, 5.74) is 3.56. The molecule has 2 aromatic carbocycles. The van der Waals surface area contributed by atoms with Crippen LogP contribution in [-0.2, 0) is 23.1 Å². The van der Waals surface area contributed by atoms with Gasteiger partial charge in [0.2, 0.25) is 11.8 Å². The van der Waals surface area contributed by atoms with Gasteiger partial charge >= 0.3 is 0 Å². The fourth-order valence-corrected chi connectivity index (χ4v) is 3.99. The van der Waals surface area contributed by atoms with Gasteiger partial charge in [-0.05, 0) is 49.7 Å². The van der Waals surface area contributed by atoms with Gasteiger partial charge in [0.25, 0.3) is 0 Å². The van der Waals surface area contributed by atoms with Gasteiger partial charge in [-0.1, -0.05) is 54.6 Å². The Labute approximate surface area is 177 Å². The van der Waals surface area contributed by atoms with E-state index in [9.17, 15) is 4.79 Å². The number of pyridine rings is 1. The second kappa shape index (κ2) is 8.67. The summed E-state index contributed by atoms with van der Waals surface area (Å²) in [6, 6.07) is 22.0. The molecule has 0 saturated carbocycles. The number of rotatable bonds is 7. The SMILES string of the molecule is CN(C)CCOc1ccc(NC(=O)C2(c3ccccc3)Cc3ccccc3C2)cn1. The van der Waals surface area contributed by atoms with Crippen molar-refractivity contribution in [1.29, 1.82) is 0 Å². The van der Waals surface area contributed by atoms with Crippen LogP contribution in [0.25, 0.3) is 0 Å². The van der Waals surface area contributed by atoms with Crippen LogP contribution in [0.3, 0.4) is 0 Å². The van der Waals surface area contributed by atoms with Gasteiger partial charge in [0.15, 0.2) is 0 Å². The largest absolute Gasteiger partial charge is 0.476 e. The number of aromatic nitrogens is 1. The molecule has 0 spiro atoms. The summed E-state index contributed by atoms with van der Waals surface area (Å²) in [6.45, 7) is 1.39. The maximum Gasteiger partial charge on any atom is 0.235 e. The van der Waals surface area contributed by atoms with Gasteiger partial charge in [-0.15, -0.1) is 0 Å². The van der Waals surface area contributed by atoms with Crippen molar-refractivity contribution in [3.63, 3.8) is 0 Å². The maximum atomic E-state index is 13.6. The van der Waals surface area contributed by atoms with E-state index in [0.29, 0.717) is 31.0 Å². The number of amides is 1. The molecular weight excluding hydrogens is 374 g/mol. The van der Waals surface area contributed by atoms with E-state index in [4.69, 9.17) is 4.74 Å². The highest BCUT2D eigenvalue weighted by Crippen LogP contribution is 2.40. The number of ether oxygens (including phenoxy) is 1. The molecule has 0 aliphatic heterocycles. The zero-order valence-electron chi connectivity index (χ0n) is 17.5. The van der Waals surface area contributed by atoms with Gasteiger partial charge in [0.1, 0.15) is 6.61 Å². The van der Waals surface area contributed by atoms with Gasteiger partial charge in [-0.25, -0.2) is 4.98 Å². The van der Waals surface area contributed by atoms with Crippen LogP contribution in [0.1, 0.15) is 16.7 Å². The zero-order chi connectivity index (χ0) is 21.0. The minimum atomic E-state index is -0.619. The number of hydrogen-bond donors (Lipinski definition) is 1. The lowest BCUT2D eigenvalue weighted by Crippen LogP contribution is -2.41. The molecule has 1 N–H and O–H groups in total. The molecule has 3 aromatic rings. The molecule has 0 atom stereocenters. The lowest BCUT2D eigenvalue weighted by molar-refractivity contribution is -0.121. The van der Waals surface area contributed by atoms with E-state index in [1.165, 1.54) is 11.1 Å². The second-order valence-electron chi connectivity index (χ2n) is 8.06. The van der Waals surface area contributed by atoms with Crippen molar-refractivity contribution in [2.45, 2.75) is 18.3 Å². The molecule has 4 rings (SSSR count). The summed E-state index contributed by atoms with van der Waals surface area (Å²) in [5, 5.41) is 3.09. The van der Waals surface area contributed by atoms with E-state index in [2.05, 4.69) is 27.3 Å². The summed E-state index contributed by atoms with van der Waals surface area (Å²) in [4.78, 5) is 19.9. The third-order valence-electron chi connectivity index (χ3n) is 5.65. The molecule has 30 heavy (non-hydrogen) atoms. The number of anilines is 1. The third kappa shape index (κ3) is 4.21. The van der Waals surface area contributed by atoms with Crippen LogP contribution in [0.4, 0.5) is 5.69 Å². The van der Waals surface area contributed by atoms with Gasteiger partial charge in [-0.3, -0.25) is 4.79 Å². The topological polar surface area (TPSA) is 54.5 Å². The molecule has 0 bridgehead atoms. The van der Waals surface area contributed by atoms with E-state index < -0.39 is 5.41 Å². The summed E-state index contributed by atoms with van der Waals surface area (Å²) in [6.07, 6.45) is 3.04. The highest BCUT2D eigenvalue weighted by molar-refractivity contribution is 6.00. The van der Waals surface area contributed by atoms with Crippen LogP contribution in [0.2, 0.25) is 0 Å². The van der Waals surface area contributed by atoms with Crippen molar-refractivity contribution in [1.82, 2.24) is 9.88 Å². The molecule has 0 saturated heterocycles. The Morgan fingerprint density at radius 3 is 2.27 bits per heavy atom. The first kappa shape index (κ1) is 20.1. The Morgan fingerprint density at radius 2 is 1.67 bits per heavy atom. The fourth-order valence-electron chi connectivity index (χ4n) is 3.99. The smallest absolute Gasteiger partial charge is 0.235 e. The van der Waals surface area contributed by atoms with E-state index in [-0.39, 0.29) is 5.91 Å². The highest BCUT2D eigenvalue weighted by atomic mass is 16.5. The number of benzene rings is 2. The molecule has 5 heteroatoms. The van der Waals surface area contributed by atoms with Crippen molar-refractivity contribution in [3.05, 3.63) is 89.6 Å². The molecular formula is C25H27N3O2. The summed E-state index contributed by atoms with van der Waals surface area (Å²) in [5.74, 6) is 0.550. The van der Waals surface area contributed by atoms with Crippen LogP contribution in [0, 0.1) is 0 Å². The number of hydrogen-bond acceptors (Lipinski definition) is 4. The minimum absolute atomic E-state index is 0.00650. The molecule has 1 heterocycles. The monoisotopic (exact) mass is 401 g/mol. The van der Waals surface area contributed by atoms with Crippen molar-refractivity contribution in [2.75, 3.05) is 32.6 Å². The quantitative estimate of drug-likeness (QED) is 0.656. The number of carbonyl (C=O) groups is 1. The Kier molecular flexibility index (Phi) is 5.81. The van der Waals surface area contributed by atoms with Crippen LogP contribution < -0.4 is 10.1 Å². The molecule has 0 radical (unpaired) electrons. The molecule has 1 aliphatic carbocycles. The molecule has 5 nitrogen and oxygen atoms in total. The van der Waals surface area contributed by atoms with E-state index in [1.54, 1.807) is 12.3 Å². The van der Waals surface area contributed by atoms with E-state index in [0.717, 1.165) is 12.1 Å². The van der Waals surface area contributed by atoms with E-state index >= 15 is 0 Å². The molecule has 1 amide bonds. The first-order valence-electron chi connectivity index (χ1n) is 10.2. The number of carbonyl (C=O) groups excluding carboxylic acids is 1. The number of nitrogens with one attached hydrogen (secondary N) is 1. The predicted octanol–water partition coefficient (Wildman–Crippen LogP) is 3.70. The fraction of sp³-hybridized carbons (Fsp3) is 0.280. The standard InChI is InChI=1S/C25H27N3O2/c1-28(2)14-15-30-23-13-12-22(18-26-23)27-24(29)25(21-10-4-3-5-11-21)16-19-8-6-7-9-20(19)17-25/h3-13,18H,14-17H2,1-2H3,(H,27,29). The first-order chi connectivity index (χ1) is 14.6. The Balaban J connectivity index is 1.52. The van der Waals surface area contributed by atoms with Crippen LogP contribution in [0.15, 0.2) is 72.9 Å². The van der Waals surface area contributed by atoms with Crippen molar-refractivity contribution in [2.24, 2.45) is 0 Å². The normalized spacial score (nSPS) is 14.4. The lowest BCUT2D eigenvalue weighted by atomic mass is 9.76. The van der Waals surface area contributed by atoms with E-state index in [1.807, 2.05) is 62.6 Å². The number of likely N-dealkylation sites (N-methyl/N-ethyl adjacent to an activating group) is 1. The Bertz CT molecular complexity index is 975. The Hall–Kier alpha value is -3.18. The molecule has 1 aromatic heterocycles. The van der Waals surface area contributed by atoms with Crippen LogP contribution in [-0.4, -0.2) is 43.0 Å². The minimum Gasteiger partial charge on any atom is -0.476 e. The van der Waals surface area contributed by atoms with Crippen LogP contribution >= 0.6 is 0 Å². The van der Waals surface area contributed by atoms with Crippen molar-refractivity contribution >= 4 is 11.6 Å². The average Bonchev–Trinajstić information content (AvgIpc) is 3.16. The van der Waals surface area contributed by atoms with Crippen molar-refractivity contribution in [3.8, 4) is 5.88 Å². The molecule has 0 fully saturated rings. The average molecular weight is 402 g/mol. The second-order valence-corrected chi connectivity index (χ2v) is 8.06. The number of nitrogens with zero attached hydrogens (tertiary/aromatic N) is 2.